The van der Waals surface area contributed by atoms with Crippen LogP contribution in [0, 0.1) is 20.8 Å². The third-order valence-corrected chi connectivity index (χ3v) is 4.79. The smallest absolute Gasteiger partial charge is 0.258 e. The predicted molar refractivity (Wildman–Crippen MR) is 108 cm³/mol. The van der Waals surface area contributed by atoms with Gasteiger partial charge in [0.15, 0.2) is 0 Å². The van der Waals surface area contributed by atoms with Crippen LogP contribution in [0.15, 0.2) is 47.1 Å². The average Bonchev–Trinajstić information content (AvgIpc) is 3.00. The Balaban J connectivity index is 1.70. The molecule has 0 bridgehead atoms. The quantitative estimate of drug-likeness (QED) is 0.561. The van der Waals surface area contributed by atoms with Crippen molar-refractivity contribution in [3.63, 3.8) is 0 Å². The minimum absolute atomic E-state index is 0.244. The standard InChI is InChI=1S/C21H19N5O2/c1-11-4-5-15(19(27)25-20-12(2)13(3)26-28-20)9-17(11)14-6-7-18-16(8-14)10-23-21(22)24-18/h4-10H,1-3H3,(H,25,27)(H2,22,23,24). The highest BCUT2D eigenvalue weighted by Crippen LogP contribution is 2.28. The molecule has 0 unspecified atom stereocenters. The average molecular weight is 373 g/mol. The van der Waals surface area contributed by atoms with Gasteiger partial charge in [-0.3, -0.25) is 10.1 Å². The Morgan fingerprint density at radius 1 is 1.11 bits per heavy atom. The van der Waals surface area contributed by atoms with Crippen LogP contribution in [0.1, 0.15) is 27.2 Å². The molecule has 2 aromatic heterocycles. The first-order valence-corrected chi connectivity index (χ1v) is 8.80. The zero-order valence-electron chi connectivity index (χ0n) is 15.8. The van der Waals surface area contributed by atoms with Gasteiger partial charge < -0.3 is 10.3 Å². The van der Waals surface area contributed by atoms with Crippen molar-refractivity contribution in [1.29, 1.82) is 0 Å². The van der Waals surface area contributed by atoms with Crippen LogP contribution in [0.3, 0.4) is 0 Å². The van der Waals surface area contributed by atoms with E-state index in [-0.39, 0.29) is 11.9 Å². The zero-order chi connectivity index (χ0) is 19.8. The van der Waals surface area contributed by atoms with E-state index in [0.717, 1.165) is 38.9 Å². The molecule has 4 aromatic rings. The van der Waals surface area contributed by atoms with E-state index in [0.29, 0.717) is 11.4 Å². The molecule has 0 atom stereocenters. The van der Waals surface area contributed by atoms with E-state index in [1.807, 2.05) is 51.1 Å². The van der Waals surface area contributed by atoms with Crippen molar-refractivity contribution in [2.24, 2.45) is 0 Å². The molecule has 0 radical (unpaired) electrons. The first-order valence-electron chi connectivity index (χ1n) is 8.80. The number of benzene rings is 2. The number of nitrogens with two attached hydrogens (primary N) is 1. The lowest BCUT2D eigenvalue weighted by Crippen LogP contribution is -2.12. The van der Waals surface area contributed by atoms with Gasteiger partial charge in [-0.1, -0.05) is 17.3 Å². The van der Waals surface area contributed by atoms with E-state index in [1.54, 1.807) is 12.3 Å². The molecule has 0 saturated heterocycles. The fraction of sp³-hybridized carbons (Fsp3) is 0.143. The zero-order valence-corrected chi connectivity index (χ0v) is 15.8. The summed E-state index contributed by atoms with van der Waals surface area (Å²) in [5.74, 6) is 0.357. The molecule has 0 aliphatic heterocycles. The summed E-state index contributed by atoms with van der Waals surface area (Å²) in [5.41, 5.74) is 11.5. The number of nitrogens with zero attached hydrogens (tertiary/aromatic N) is 3. The Kier molecular flexibility index (Phi) is 4.27. The van der Waals surface area contributed by atoms with Gasteiger partial charge in [0.25, 0.3) is 5.91 Å². The SMILES string of the molecule is Cc1ccc(C(=O)Nc2onc(C)c2C)cc1-c1ccc2nc(N)ncc2c1. The predicted octanol–water partition coefficient (Wildman–Crippen LogP) is 4.04. The summed E-state index contributed by atoms with van der Waals surface area (Å²) >= 11 is 0. The molecule has 0 aliphatic carbocycles. The normalized spacial score (nSPS) is 11.0. The van der Waals surface area contributed by atoms with Crippen molar-refractivity contribution >= 4 is 28.6 Å². The number of aromatic nitrogens is 3. The number of aryl methyl sites for hydroxylation is 2. The molecule has 2 aromatic carbocycles. The van der Waals surface area contributed by atoms with Crippen molar-refractivity contribution in [3.05, 3.63) is 65.0 Å². The molecular weight excluding hydrogens is 354 g/mol. The third kappa shape index (κ3) is 3.18. The van der Waals surface area contributed by atoms with Crippen LogP contribution in [-0.4, -0.2) is 21.0 Å². The molecule has 4 rings (SSSR count). The first kappa shape index (κ1) is 17.7. The molecule has 140 valence electrons. The number of nitrogens with one attached hydrogen (secondary N) is 1. The Bertz CT molecular complexity index is 1210. The van der Waals surface area contributed by atoms with E-state index in [9.17, 15) is 4.79 Å². The lowest BCUT2D eigenvalue weighted by atomic mass is 9.97. The van der Waals surface area contributed by atoms with Gasteiger partial charge in [0.2, 0.25) is 11.8 Å². The fourth-order valence-corrected chi connectivity index (χ4v) is 3.00. The van der Waals surface area contributed by atoms with Gasteiger partial charge in [0.1, 0.15) is 0 Å². The van der Waals surface area contributed by atoms with E-state index in [1.165, 1.54) is 0 Å². The van der Waals surface area contributed by atoms with Gasteiger partial charge in [0.05, 0.1) is 11.2 Å². The monoisotopic (exact) mass is 373 g/mol. The Labute approximate surface area is 161 Å². The van der Waals surface area contributed by atoms with Gasteiger partial charge in [-0.15, -0.1) is 0 Å². The highest BCUT2D eigenvalue weighted by Gasteiger charge is 2.15. The Hall–Kier alpha value is -3.74. The van der Waals surface area contributed by atoms with Crippen molar-refractivity contribution in [2.75, 3.05) is 11.1 Å². The second-order valence-corrected chi connectivity index (χ2v) is 6.71. The van der Waals surface area contributed by atoms with Gasteiger partial charge in [-0.05, 0) is 61.7 Å². The lowest BCUT2D eigenvalue weighted by molar-refractivity contribution is 0.102. The highest BCUT2D eigenvalue weighted by atomic mass is 16.5. The van der Waals surface area contributed by atoms with Crippen molar-refractivity contribution in [3.8, 4) is 11.1 Å². The van der Waals surface area contributed by atoms with Gasteiger partial charge in [-0.2, -0.15) is 0 Å². The van der Waals surface area contributed by atoms with Crippen molar-refractivity contribution in [1.82, 2.24) is 15.1 Å². The van der Waals surface area contributed by atoms with Crippen LogP contribution in [0.5, 0.6) is 0 Å². The number of carbonyl (C=O) groups excluding carboxylic acids is 1. The summed E-state index contributed by atoms with van der Waals surface area (Å²) in [4.78, 5) is 21.0. The molecule has 28 heavy (non-hydrogen) atoms. The summed E-state index contributed by atoms with van der Waals surface area (Å²) in [5, 5.41) is 7.53. The van der Waals surface area contributed by atoms with Crippen LogP contribution < -0.4 is 11.1 Å². The maximum atomic E-state index is 12.7. The van der Waals surface area contributed by atoms with Crippen LogP contribution in [0.4, 0.5) is 11.8 Å². The molecule has 3 N–H and O–H groups in total. The Morgan fingerprint density at radius 3 is 2.68 bits per heavy atom. The molecule has 2 heterocycles. The number of fused-ring (bicyclic) bond motifs is 1. The molecule has 0 fully saturated rings. The number of anilines is 2. The van der Waals surface area contributed by atoms with Crippen molar-refractivity contribution in [2.45, 2.75) is 20.8 Å². The minimum Gasteiger partial charge on any atom is -0.368 e. The summed E-state index contributed by atoms with van der Waals surface area (Å²) in [7, 11) is 0. The van der Waals surface area contributed by atoms with Crippen LogP contribution in [-0.2, 0) is 0 Å². The Morgan fingerprint density at radius 2 is 1.93 bits per heavy atom. The minimum atomic E-state index is -0.252. The molecule has 0 saturated carbocycles. The van der Waals surface area contributed by atoms with Gasteiger partial charge in [0, 0.05) is 22.7 Å². The molecule has 7 heteroatoms. The summed E-state index contributed by atoms with van der Waals surface area (Å²) < 4.78 is 5.18. The van der Waals surface area contributed by atoms with Crippen molar-refractivity contribution < 1.29 is 9.32 Å². The summed E-state index contributed by atoms with van der Waals surface area (Å²) in [6.45, 7) is 5.69. The second kappa shape index (κ2) is 6.77. The highest BCUT2D eigenvalue weighted by molar-refractivity contribution is 6.04. The number of amides is 1. The molecule has 0 spiro atoms. The number of carbonyl (C=O) groups is 1. The number of nitrogen functional groups attached to an aromatic ring is 1. The summed E-state index contributed by atoms with van der Waals surface area (Å²) in [6, 6.07) is 11.4. The molecule has 7 nitrogen and oxygen atoms in total. The van der Waals surface area contributed by atoms with E-state index < -0.39 is 0 Å². The largest absolute Gasteiger partial charge is 0.368 e. The topological polar surface area (TPSA) is 107 Å². The molecular formula is C21H19N5O2. The first-order chi connectivity index (χ1) is 13.4. The second-order valence-electron chi connectivity index (χ2n) is 6.71. The van der Waals surface area contributed by atoms with Crippen LogP contribution >= 0.6 is 0 Å². The number of hydrogen-bond donors (Lipinski definition) is 2. The maximum Gasteiger partial charge on any atom is 0.258 e. The van der Waals surface area contributed by atoms with Gasteiger partial charge >= 0.3 is 0 Å². The van der Waals surface area contributed by atoms with E-state index in [2.05, 4.69) is 20.4 Å². The summed E-state index contributed by atoms with van der Waals surface area (Å²) in [6.07, 6.45) is 1.70. The van der Waals surface area contributed by atoms with Crippen LogP contribution in [0.25, 0.3) is 22.0 Å². The number of hydrogen-bond acceptors (Lipinski definition) is 6. The fourth-order valence-electron chi connectivity index (χ4n) is 3.00. The maximum absolute atomic E-state index is 12.7. The third-order valence-electron chi connectivity index (χ3n) is 4.79. The molecule has 0 aliphatic rings. The number of rotatable bonds is 3. The van der Waals surface area contributed by atoms with E-state index >= 15 is 0 Å². The van der Waals surface area contributed by atoms with E-state index in [4.69, 9.17) is 10.3 Å². The van der Waals surface area contributed by atoms with Crippen LogP contribution in [0.2, 0.25) is 0 Å². The van der Waals surface area contributed by atoms with Gasteiger partial charge in [-0.25, -0.2) is 9.97 Å². The lowest BCUT2D eigenvalue weighted by Gasteiger charge is -2.10. The molecule has 1 amide bonds.